The van der Waals surface area contributed by atoms with E-state index >= 15 is 0 Å². The van der Waals surface area contributed by atoms with Gasteiger partial charge in [0.1, 0.15) is 17.9 Å². The van der Waals surface area contributed by atoms with Gasteiger partial charge < -0.3 is 9.73 Å². The van der Waals surface area contributed by atoms with Crippen molar-refractivity contribution in [3.63, 3.8) is 0 Å². The van der Waals surface area contributed by atoms with Gasteiger partial charge in [-0.25, -0.2) is 9.67 Å². The van der Waals surface area contributed by atoms with Crippen LogP contribution in [-0.4, -0.2) is 14.8 Å². The Balaban J connectivity index is 1.82. The first kappa shape index (κ1) is 10.9. The highest BCUT2D eigenvalue weighted by molar-refractivity contribution is 4.97. The zero-order chi connectivity index (χ0) is 11.2. The Hall–Kier alpha value is -1.62. The van der Waals surface area contributed by atoms with Crippen molar-refractivity contribution >= 4 is 0 Å². The smallest absolute Gasteiger partial charge is 0.140 e. The van der Waals surface area contributed by atoms with E-state index < -0.39 is 0 Å². The number of nitrogens with one attached hydrogen (secondary N) is 1. The summed E-state index contributed by atoms with van der Waals surface area (Å²) in [6.45, 7) is 4.46. The summed E-state index contributed by atoms with van der Waals surface area (Å²) < 4.78 is 7.15. The van der Waals surface area contributed by atoms with Crippen molar-refractivity contribution in [1.82, 2.24) is 20.1 Å². The van der Waals surface area contributed by atoms with Gasteiger partial charge in [-0.2, -0.15) is 5.10 Å². The minimum atomic E-state index is 0.709. The Bertz CT molecular complexity index is 407. The SMILES string of the molecule is CCCn1ncnc1CNCc1ccco1. The summed E-state index contributed by atoms with van der Waals surface area (Å²) in [6.07, 6.45) is 4.34. The number of aryl methyl sites for hydroxylation is 1. The van der Waals surface area contributed by atoms with E-state index in [1.54, 1.807) is 12.6 Å². The fourth-order valence-corrected chi connectivity index (χ4v) is 1.53. The van der Waals surface area contributed by atoms with Crippen molar-refractivity contribution in [1.29, 1.82) is 0 Å². The van der Waals surface area contributed by atoms with Crippen LogP contribution in [-0.2, 0) is 19.6 Å². The van der Waals surface area contributed by atoms with Crippen LogP contribution < -0.4 is 5.32 Å². The lowest BCUT2D eigenvalue weighted by Crippen LogP contribution is -2.17. The number of aromatic nitrogens is 3. The Labute approximate surface area is 94.5 Å². The highest BCUT2D eigenvalue weighted by Crippen LogP contribution is 2.00. The maximum atomic E-state index is 5.23. The lowest BCUT2D eigenvalue weighted by molar-refractivity contribution is 0.472. The van der Waals surface area contributed by atoms with Crippen molar-refractivity contribution in [3.05, 3.63) is 36.3 Å². The standard InChI is InChI=1S/C11H16N4O/c1-2-5-15-11(13-9-14-15)8-12-7-10-4-3-6-16-10/h3-4,6,9,12H,2,5,7-8H2,1H3. The van der Waals surface area contributed by atoms with Crippen LogP contribution >= 0.6 is 0 Å². The van der Waals surface area contributed by atoms with E-state index in [-0.39, 0.29) is 0 Å². The summed E-state index contributed by atoms with van der Waals surface area (Å²) in [6, 6.07) is 3.83. The van der Waals surface area contributed by atoms with E-state index in [1.165, 1.54) is 0 Å². The average Bonchev–Trinajstić information content (AvgIpc) is 2.91. The molecule has 2 aromatic rings. The third-order valence-corrected chi connectivity index (χ3v) is 2.29. The Kier molecular flexibility index (Phi) is 3.71. The largest absolute Gasteiger partial charge is 0.468 e. The van der Waals surface area contributed by atoms with E-state index in [0.29, 0.717) is 13.1 Å². The average molecular weight is 220 g/mol. The second-order valence-electron chi connectivity index (χ2n) is 3.58. The molecule has 0 bridgehead atoms. The first-order chi connectivity index (χ1) is 7.90. The van der Waals surface area contributed by atoms with Crippen molar-refractivity contribution in [2.75, 3.05) is 0 Å². The molecule has 0 aliphatic heterocycles. The molecule has 0 fully saturated rings. The van der Waals surface area contributed by atoms with Crippen LogP contribution in [0.4, 0.5) is 0 Å². The Morgan fingerprint density at radius 2 is 2.38 bits per heavy atom. The predicted octanol–water partition coefficient (Wildman–Crippen LogP) is 1.57. The number of rotatable bonds is 6. The first-order valence-corrected chi connectivity index (χ1v) is 5.50. The zero-order valence-corrected chi connectivity index (χ0v) is 9.39. The van der Waals surface area contributed by atoms with Crippen LogP contribution in [0.2, 0.25) is 0 Å². The molecule has 0 radical (unpaired) electrons. The molecular formula is C11H16N4O. The summed E-state index contributed by atoms with van der Waals surface area (Å²) in [4.78, 5) is 4.21. The number of nitrogens with zero attached hydrogens (tertiary/aromatic N) is 3. The van der Waals surface area contributed by atoms with Gasteiger partial charge in [-0.05, 0) is 18.6 Å². The van der Waals surface area contributed by atoms with Gasteiger partial charge in [0, 0.05) is 6.54 Å². The lowest BCUT2D eigenvalue weighted by Gasteiger charge is -2.04. The van der Waals surface area contributed by atoms with Crippen LogP contribution in [0.15, 0.2) is 29.1 Å². The van der Waals surface area contributed by atoms with Crippen molar-refractivity contribution in [3.8, 4) is 0 Å². The van der Waals surface area contributed by atoms with Gasteiger partial charge in [0.05, 0.1) is 19.4 Å². The molecule has 0 unspecified atom stereocenters. The molecule has 5 nitrogen and oxygen atoms in total. The van der Waals surface area contributed by atoms with E-state index in [9.17, 15) is 0 Å². The van der Waals surface area contributed by atoms with Gasteiger partial charge in [-0.15, -0.1) is 0 Å². The molecule has 0 aliphatic carbocycles. The topological polar surface area (TPSA) is 55.9 Å². The van der Waals surface area contributed by atoms with E-state index in [4.69, 9.17) is 4.42 Å². The quantitative estimate of drug-likeness (QED) is 0.802. The monoisotopic (exact) mass is 220 g/mol. The molecule has 2 heterocycles. The molecule has 5 heteroatoms. The molecule has 0 saturated carbocycles. The highest BCUT2D eigenvalue weighted by Gasteiger charge is 2.03. The van der Waals surface area contributed by atoms with Crippen LogP contribution in [0.3, 0.4) is 0 Å². The summed E-state index contributed by atoms with van der Waals surface area (Å²) in [5.41, 5.74) is 0. The minimum Gasteiger partial charge on any atom is -0.468 e. The summed E-state index contributed by atoms with van der Waals surface area (Å²) in [5, 5.41) is 7.44. The molecule has 86 valence electrons. The Morgan fingerprint density at radius 1 is 1.44 bits per heavy atom. The fourth-order valence-electron chi connectivity index (χ4n) is 1.53. The fraction of sp³-hybridized carbons (Fsp3) is 0.455. The maximum absolute atomic E-state index is 5.23. The van der Waals surface area contributed by atoms with Crippen molar-refractivity contribution in [2.45, 2.75) is 33.0 Å². The van der Waals surface area contributed by atoms with E-state index in [0.717, 1.165) is 24.6 Å². The molecule has 0 spiro atoms. The van der Waals surface area contributed by atoms with E-state index in [2.05, 4.69) is 22.3 Å². The predicted molar refractivity (Wildman–Crippen MR) is 59.6 cm³/mol. The molecule has 0 aromatic carbocycles. The normalized spacial score (nSPS) is 10.8. The van der Waals surface area contributed by atoms with Crippen LogP contribution in [0.5, 0.6) is 0 Å². The number of furan rings is 1. The third-order valence-electron chi connectivity index (χ3n) is 2.29. The van der Waals surface area contributed by atoms with Gasteiger partial charge in [0.2, 0.25) is 0 Å². The highest BCUT2D eigenvalue weighted by atomic mass is 16.3. The molecule has 2 rings (SSSR count). The molecule has 16 heavy (non-hydrogen) atoms. The third kappa shape index (κ3) is 2.70. The molecule has 0 atom stereocenters. The molecule has 1 N–H and O–H groups in total. The molecule has 0 amide bonds. The van der Waals surface area contributed by atoms with Crippen LogP contribution in [0.25, 0.3) is 0 Å². The maximum Gasteiger partial charge on any atom is 0.140 e. The second-order valence-corrected chi connectivity index (χ2v) is 3.58. The minimum absolute atomic E-state index is 0.709. The summed E-state index contributed by atoms with van der Waals surface area (Å²) in [7, 11) is 0. The molecule has 0 aliphatic rings. The van der Waals surface area contributed by atoms with Crippen molar-refractivity contribution in [2.24, 2.45) is 0 Å². The van der Waals surface area contributed by atoms with Crippen LogP contribution in [0, 0.1) is 0 Å². The molecule has 2 aromatic heterocycles. The number of hydrogen-bond acceptors (Lipinski definition) is 4. The van der Waals surface area contributed by atoms with Crippen molar-refractivity contribution < 1.29 is 4.42 Å². The summed E-state index contributed by atoms with van der Waals surface area (Å²) in [5.74, 6) is 1.90. The van der Waals surface area contributed by atoms with Gasteiger partial charge in [0.15, 0.2) is 0 Å². The van der Waals surface area contributed by atoms with Crippen LogP contribution in [0.1, 0.15) is 24.9 Å². The lowest BCUT2D eigenvalue weighted by atomic mass is 10.4. The second kappa shape index (κ2) is 5.46. The number of hydrogen-bond donors (Lipinski definition) is 1. The Morgan fingerprint density at radius 3 is 3.12 bits per heavy atom. The first-order valence-electron chi connectivity index (χ1n) is 5.50. The van der Waals surface area contributed by atoms with E-state index in [1.807, 2.05) is 16.8 Å². The van der Waals surface area contributed by atoms with Gasteiger partial charge in [-0.3, -0.25) is 0 Å². The molecule has 0 saturated heterocycles. The van der Waals surface area contributed by atoms with Gasteiger partial charge >= 0.3 is 0 Å². The van der Waals surface area contributed by atoms with Gasteiger partial charge in [-0.1, -0.05) is 6.92 Å². The zero-order valence-electron chi connectivity index (χ0n) is 9.39. The molecular weight excluding hydrogens is 204 g/mol. The summed E-state index contributed by atoms with van der Waals surface area (Å²) >= 11 is 0. The van der Waals surface area contributed by atoms with Gasteiger partial charge in [0.25, 0.3) is 0 Å².